The molecule has 1 N–H and O–H groups in total. The normalized spacial score (nSPS) is 12.2. The number of hydrogen-bond acceptors (Lipinski definition) is 5. The van der Waals surface area contributed by atoms with Crippen LogP contribution in [0.4, 0.5) is 0 Å². The highest BCUT2D eigenvalue weighted by Gasteiger charge is 2.16. The second-order valence-electron chi connectivity index (χ2n) is 11.2. The Morgan fingerprint density at radius 2 is 0.949 bits per heavy atom. The average Bonchev–Trinajstić information content (AvgIpc) is 2.94. The van der Waals surface area contributed by atoms with Gasteiger partial charge in [-0.15, -0.1) is 0 Å². The molecule has 0 unspecified atom stereocenters. The lowest BCUT2D eigenvalue weighted by Crippen LogP contribution is -2.28. The van der Waals surface area contributed by atoms with Crippen LogP contribution in [0.5, 0.6) is 0 Å². The smallest absolute Gasteiger partial charge is 0.306 e. The van der Waals surface area contributed by atoms with Gasteiger partial charge < -0.3 is 14.6 Å². The van der Waals surface area contributed by atoms with E-state index in [-0.39, 0.29) is 25.2 Å². The molecule has 5 heteroatoms. The van der Waals surface area contributed by atoms with Crippen molar-refractivity contribution >= 4 is 11.9 Å². The lowest BCUT2D eigenvalue weighted by molar-refractivity contribution is -0.161. The number of carbonyl (C=O) groups is 2. The molecule has 0 saturated heterocycles. The van der Waals surface area contributed by atoms with Gasteiger partial charge in [-0.1, -0.05) is 135 Å². The fourth-order valence-corrected chi connectivity index (χ4v) is 4.72. The van der Waals surface area contributed by atoms with Crippen LogP contribution >= 0.6 is 0 Å². The maximum absolute atomic E-state index is 12.1. The monoisotopic (exact) mass is 552 g/mol. The summed E-state index contributed by atoms with van der Waals surface area (Å²) in [5.74, 6) is -0.598. The number of carbonyl (C=O) groups excluding carboxylic acids is 2. The molecule has 0 heterocycles. The van der Waals surface area contributed by atoms with E-state index in [1.54, 1.807) is 0 Å². The van der Waals surface area contributed by atoms with E-state index in [0.717, 1.165) is 44.9 Å². The topological polar surface area (TPSA) is 72.8 Å². The van der Waals surface area contributed by atoms with Crippen LogP contribution < -0.4 is 0 Å². The molecule has 0 saturated carbocycles. The van der Waals surface area contributed by atoms with Gasteiger partial charge in [0.05, 0.1) is 6.61 Å². The van der Waals surface area contributed by atoms with E-state index in [2.05, 4.69) is 26.0 Å². The van der Waals surface area contributed by atoms with E-state index in [9.17, 15) is 14.7 Å². The van der Waals surface area contributed by atoms with Crippen LogP contribution in [0, 0.1) is 0 Å². The highest BCUT2D eigenvalue weighted by molar-refractivity contribution is 5.70. The number of ether oxygens (including phenoxy) is 2. The molecule has 0 aliphatic rings. The van der Waals surface area contributed by atoms with Gasteiger partial charge in [-0.05, 0) is 38.5 Å². The SMILES string of the molecule is CCCCCCC/C=C/CCCCCCCC(=O)O[C@@H](CO)COC(=O)CCCCCCCCCCCCC. The van der Waals surface area contributed by atoms with Crippen molar-refractivity contribution in [1.29, 1.82) is 0 Å². The molecule has 0 radical (unpaired) electrons. The predicted molar refractivity (Wildman–Crippen MR) is 164 cm³/mol. The molecule has 0 aromatic carbocycles. The molecule has 0 rings (SSSR count). The minimum absolute atomic E-state index is 0.0641. The number of esters is 2. The number of rotatable bonds is 30. The van der Waals surface area contributed by atoms with Crippen LogP contribution in [-0.4, -0.2) is 36.4 Å². The first-order chi connectivity index (χ1) is 19.1. The second-order valence-corrected chi connectivity index (χ2v) is 11.2. The first-order valence-electron chi connectivity index (χ1n) is 16.7. The summed E-state index contributed by atoms with van der Waals surface area (Å²) < 4.78 is 10.5. The van der Waals surface area contributed by atoms with Gasteiger partial charge in [0, 0.05) is 12.8 Å². The minimum Gasteiger partial charge on any atom is -0.462 e. The van der Waals surface area contributed by atoms with Crippen molar-refractivity contribution < 1.29 is 24.2 Å². The van der Waals surface area contributed by atoms with Crippen molar-refractivity contribution in [2.75, 3.05) is 13.2 Å². The van der Waals surface area contributed by atoms with Gasteiger partial charge in [0.1, 0.15) is 6.61 Å². The van der Waals surface area contributed by atoms with Crippen LogP contribution in [0.25, 0.3) is 0 Å². The molecule has 0 aromatic heterocycles. The summed E-state index contributed by atoms with van der Waals surface area (Å²) in [5, 5.41) is 9.49. The van der Waals surface area contributed by atoms with Crippen LogP contribution in [0.3, 0.4) is 0 Å². The molecule has 0 aliphatic carbocycles. The third-order valence-corrected chi connectivity index (χ3v) is 7.31. The van der Waals surface area contributed by atoms with Crippen LogP contribution in [0.15, 0.2) is 12.2 Å². The molecule has 0 fully saturated rings. The molecule has 0 bridgehead atoms. The van der Waals surface area contributed by atoms with Gasteiger partial charge in [-0.3, -0.25) is 9.59 Å². The Kier molecular flexibility index (Phi) is 30.1. The number of aliphatic hydroxyl groups excluding tert-OH is 1. The van der Waals surface area contributed by atoms with Gasteiger partial charge in [0.15, 0.2) is 6.10 Å². The summed E-state index contributed by atoms with van der Waals surface area (Å²) in [6, 6.07) is 0. The van der Waals surface area contributed by atoms with Crippen LogP contribution in [-0.2, 0) is 19.1 Å². The van der Waals surface area contributed by atoms with Crippen LogP contribution in [0.1, 0.15) is 174 Å². The zero-order valence-corrected chi connectivity index (χ0v) is 25.9. The summed E-state index contributed by atoms with van der Waals surface area (Å²) in [4.78, 5) is 24.1. The standard InChI is InChI=1S/C34H64O5/c1-3-5-7-9-11-13-15-16-17-19-21-23-25-27-29-34(37)39-32(30-35)31-38-33(36)28-26-24-22-20-18-14-12-10-8-6-4-2/h15-16,32,35H,3-14,17-31H2,1-2H3/b16-15+/t32-/m0/s1. The van der Waals surface area contributed by atoms with Crippen molar-refractivity contribution in [3.05, 3.63) is 12.2 Å². The van der Waals surface area contributed by atoms with E-state index in [1.807, 2.05) is 0 Å². The summed E-state index contributed by atoms with van der Waals surface area (Å²) in [7, 11) is 0. The van der Waals surface area contributed by atoms with Gasteiger partial charge in [-0.2, -0.15) is 0 Å². The Balaban J connectivity index is 3.58. The third-order valence-electron chi connectivity index (χ3n) is 7.31. The maximum atomic E-state index is 12.1. The summed E-state index contributed by atoms with van der Waals surface area (Å²) in [6.07, 6.45) is 32.6. The Morgan fingerprint density at radius 3 is 1.38 bits per heavy atom. The summed E-state index contributed by atoms with van der Waals surface area (Å²) >= 11 is 0. The number of allylic oxidation sites excluding steroid dienone is 2. The van der Waals surface area contributed by atoms with E-state index in [1.165, 1.54) is 103 Å². The second kappa shape index (κ2) is 31.2. The summed E-state index contributed by atoms with van der Waals surface area (Å²) in [6.45, 7) is 4.10. The van der Waals surface area contributed by atoms with E-state index in [4.69, 9.17) is 9.47 Å². The first-order valence-corrected chi connectivity index (χ1v) is 16.7. The van der Waals surface area contributed by atoms with Gasteiger partial charge >= 0.3 is 11.9 Å². The first kappa shape index (κ1) is 37.6. The van der Waals surface area contributed by atoms with E-state index >= 15 is 0 Å². The number of hydrogen-bond donors (Lipinski definition) is 1. The van der Waals surface area contributed by atoms with Gasteiger partial charge in [-0.25, -0.2) is 0 Å². The van der Waals surface area contributed by atoms with Crippen molar-refractivity contribution in [2.45, 2.75) is 180 Å². The van der Waals surface area contributed by atoms with Gasteiger partial charge in [0.2, 0.25) is 0 Å². The number of unbranched alkanes of at least 4 members (excludes halogenated alkanes) is 20. The highest BCUT2D eigenvalue weighted by atomic mass is 16.6. The lowest BCUT2D eigenvalue weighted by Gasteiger charge is -2.15. The maximum Gasteiger partial charge on any atom is 0.306 e. The quantitative estimate of drug-likeness (QED) is 0.0545. The van der Waals surface area contributed by atoms with Crippen molar-refractivity contribution in [3.63, 3.8) is 0 Å². The van der Waals surface area contributed by atoms with E-state index < -0.39 is 6.10 Å². The Hall–Kier alpha value is -1.36. The average molecular weight is 553 g/mol. The van der Waals surface area contributed by atoms with Gasteiger partial charge in [0.25, 0.3) is 0 Å². The van der Waals surface area contributed by atoms with E-state index in [0.29, 0.717) is 12.8 Å². The molecule has 0 aromatic rings. The van der Waals surface area contributed by atoms with Crippen molar-refractivity contribution in [3.8, 4) is 0 Å². The largest absolute Gasteiger partial charge is 0.462 e. The molecule has 0 aliphatic heterocycles. The molecular formula is C34H64O5. The zero-order chi connectivity index (χ0) is 28.7. The fourth-order valence-electron chi connectivity index (χ4n) is 4.72. The Bertz CT molecular complexity index is 560. The Morgan fingerprint density at radius 1 is 0.564 bits per heavy atom. The predicted octanol–water partition coefficient (Wildman–Crippen LogP) is 9.78. The lowest BCUT2D eigenvalue weighted by atomic mass is 10.1. The minimum atomic E-state index is -0.766. The molecule has 0 spiro atoms. The fraction of sp³-hybridized carbons (Fsp3) is 0.882. The molecule has 5 nitrogen and oxygen atoms in total. The third kappa shape index (κ3) is 29.4. The summed E-state index contributed by atoms with van der Waals surface area (Å²) in [5.41, 5.74) is 0. The molecule has 0 amide bonds. The highest BCUT2D eigenvalue weighted by Crippen LogP contribution is 2.13. The zero-order valence-electron chi connectivity index (χ0n) is 25.9. The number of aliphatic hydroxyl groups is 1. The molecule has 1 atom stereocenters. The van der Waals surface area contributed by atoms with Crippen LogP contribution in [0.2, 0.25) is 0 Å². The van der Waals surface area contributed by atoms with Crippen molar-refractivity contribution in [1.82, 2.24) is 0 Å². The molecule has 230 valence electrons. The molecular weight excluding hydrogens is 488 g/mol. The Labute approximate surface area is 241 Å². The van der Waals surface area contributed by atoms with Crippen molar-refractivity contribution in [2.24, 2.45) is 0 Å². The molecule has 39 heavy (non-hydrogen) atoms.